The van der Waals surface area contributed by atoms with Crippen molar-refractivity contribution in [3.05, 3.63) is 42.2 Å². The Hall–Kier alpha value is -2.27. The van der Waals surface area contributed by atoms with Gasteiger partial charge in [0.1, 0.15) is 11.2 Å². The highest BCUT2D eigenvalue weighted by atomic mass is 32.1. The molecule has 4 nitrogen and oxygen atoms in total. The van der Waals surface area contributed by atoms with E-state index in [1.807, 2.05) is 29.6 Å². The summed E-state index contributed by atoms with van der Waals surface area (Å²) < 4.78 is 5.48. The van der Waals surface area contributed by atoms with E-state index in [2.05, 4.69) is 15.0 Å². The van der Waals surface area contributed by atoms with Crippen LogP contribution in [0.4, 0.5) is 0 Å². The molecule has 4 heterocycles. The zero-order valence-corrected chi connectivity index (χ0v) is 10.0. The van der Waals surface area contributed by atoms with Crippen molar-refractivity contribution < 1.29 is 4.42 Å². The van der Waals surface area contributed by atoms with Crippen molar-refractivity contribution in [2.75, 3.05) is 0 Å². The number of rotatable bonds is 1. The molecule has 86 valence electrons. The molecule has 5 heteroatoms. The first-order valence-electron chi connectivity index (χ1n) is 5.45. The molecular weight excluding hydrogens is 246 g/mol. The van der Waals surface area contributed by atoms with Gasteiger partial charge in [0.05, 0.1) is 10.3 Å². The summed E-state index contributed by atoms with van der Waals surface area (Å²) in [6, 6.07) is 7.84. The van der Waals surface area contributed by atoms with E-state index in [0.29, 0.717) is 5.65 Å². The number of pyridine rings is 2. The van der Waals surface area contributed by atoms with Crippen molar-refractivity contribution >= 4 is 33.5 Å². The summed E-state index contributed by atoms with van der Waals surface area (Å²) in [5.41, 5.74) is 3.06. The second-order valence-corrected chi connectivity index (χ2v) is 4.79. The number of thiophene rings is 1. The topological polar surface area (TPSA) is 51.8 Å². The normalized spacial score (nSPS) is 11.3. The molecular formula is C13H7N3OS. The highest BCUT2D eigenvalue weighted by Gasteiger charge is 2.14. The molecule has 4 aromatic rings. The van der Waals surface area contributed by atoms with E-state index in [1.165, 1.54) is 6.39 Å². The minimum absolute atomic E-state index is 0.685. The SMILES string of the molecule is c1csc(-c2nc3ncccc3c3ocnc23)c1. The number of hydrogen-bond acceptors (Lipinski definition) is 5. The fraction of sp³-hybridized carbons (Fsp3) is 0. The molecule has 0 aliphatic heterocycles. The Labute approximate surface area is 106 Å². The largest absolute Gasteiger partial charge is 0.443 e. The van der Waals surface area contributed by atoms with Crippen molar-refractivity contribution in [3.8, 4) is 10.6 Å². The van der Waals surface area contributed by atoms with Gasteiger partial charge in [-0.1, -0.05) is 6.07 Å². The van der Waals surface area contributed by atoms with Crippen molar-refractivity contribution in [3.63, 3.8) is 0 Å². The van der Waals surface area contributed by atoms with E-state index in [1.54, 1.807) is 17.5 Å². The first-order chi connectivity index (χ1) is 8.93. The number of fused-ring (bicyclic) bond motifs is 3. The van der Waals surface area contributed by atoms with Crippen LogP contribution in [0.25, 0.3) is 32.7 Å². The summed E-state index contributed by atoms with van der Waals surface area (Å²) >= 11 is 1.63. The van der Waals surface area contributed by atoms with Gasteiger partial charge in [0, 0.05) is 6.20 Å². The Balaban J connectivity index is 2.21. The highest BCUT2D eigenvalue weighted by Crippen LogP contribution is 2.32. The van der Waals surface area contributed by atoms with E-state index in [9.17, 15) is 0 Å². The predicted molar refractivity (Wildman–Crippen MR) is 70.4 cm³/mol. The molecule has 0 bridgehead atoms. The molecule has 0 aromatic carbocycles. The Kier molecular flexibility index (Phi) is 1.95. The zero-order valence-electron chi connectivity index (χ0n) is 9.20. The molecule has 0 N–H and O–H groups in total. The van der Waals surface area contributed by atoms with E-state index in [0.717, 1.165) is 27.1 Å². The molecule has 0 amide bonds. The summed E-state index contributed by atoms with van der Waals surface area (Å²) in [7, 11) is 0. The van der Waals surface area contributed by atoms with Gasteiger partial charge in [-0.15, -0.1) is 11.3 Å². The molecule has 0 spiro atoms. The fourth-order valence-electron chi connectivity index (χ4n) is 2.01. The second-order valence-electron chi connectivity index (χ2n) is 3.84. The van der Waals surface area contributed by atoms with Gasteiger partial charge in [-0.2, -0.15) is 0 Å². The smallest absolute Gasteiger partial charge is 0.182 e. The van der Waals surface area contributed by atoms with Gasteiger partial charge in [-0.25, -0.2) is 15.0 Å². The van der Waals surface area contributed by atoms with E-state index >= 15 is 0 Å². The van der Waals surface area contributed by atoms with Crippen LogP contribution in [0, 0.1) is 0 Å². The molecule has 18 heavy (non-hydrogen) atoms. The number of nitrogens with zero attached hydrogens (tertiary/aromatic N) is 3. The first kappa shape index (κ1) is 9.73. The molecule has 0 unspecified atom stereocenters. The highest BCUT2D eigenvalue weighted by molar-refractivity contribution is 7.13. The van der Waals surface area contributed by atoms with Crippen LogP contribution in [0.15, 0.2) is 46.7 Å². The molecule has 4 rings (SSSR count). The molecule has 0 aliphatic rings. The minimum atomic E-state index is 0.685. The third kappa shape index (κ3) is 1.28. The number of hydrogen-bond donors (Lipinski definition) is 0. The molecule has 4 aromatic heterocycles. The molecule has 0 saturated carbocycles. The standard InChI is InChI=1S/C13H7N3OS/c1-3-8-12-11(15-7-17-12)10(9-4-2-6-18-9)16-13(8)14-5-1/h1-7H. The van der Waals surface area contributed by atoms with E-state index in [-0.39, 0.29) is 0 Å². The summed E-state index contributed by atoms with van der Waals surface area (Å²) in [5, 5.41) is 2.91. The van der Waals surface area contributed by atoms with Crippen molar-refractivity contribution in [1.82, 2.24) is 15.0 Å². The summed E-state index contributed by atoms with van der Waals surface area (Å²) in [5.74, 6) is 0. The maximum atomic E-state index is 5.48. The lowest BCUT2D eigenvalue weighted by molar-refractivity contribution is 0.605. The van der Waals surface area contributed by atoms with Crippen LogP contribution in [0.1, 0.15) is 0 Å². The van der Waals surface area contributed by atoms with Gasteiger partial charge >= 0.3 is 0 Å². The molecule has 0 fully saturated rings. The Morgan fingerprint density at radius 1 is 1.11 bits per heavy atom. The number of aromatic nitrogens is 3. The summed E-state index contributed by atoms with van der Waals surface area (Å²) in [6.45, 7) is 0. The van der Waals surface area contributed by atoms with Crippen LogP contribution in [-0.2, 0) is 0 Å². The lowest BCUT2D eigenvalue weighted by atomic mass is 10.2. The number of oxazole rings is 1. The quantitative estimate of drug-likeness (QED) is 0.521. The third-order valence-electron chi connectivity index (χ3n) is 2.80. The zero-order chi connectivity index (χ0) is 11.9. The van der Waals surface area contributed by atoms with Crippen LogP contribution in [0.2, 0.25) is 0 Å². The van der Waals surface area contributed by atoms with Crippen LogP contribution in [-0.4, -0.2) is 15.0 Å². The molecule has 0 atom stereocenters. The maximum Gasteiger partial charge on any atom is 0.182 e. The van der Waals surface area contributed by atoms with E-state index < -0.39 is 0 Å². The van der Waals surface area contributed by atoms with Crippen LogP contribution in [0.5, 0.6) is 0 Å². The van der Waals surface area contributed by atoms with Gasteiger partial charge in [-0.05, 0) is 23.6 Å². The third-order valence-corrected chi connectivity index (χ3v) is 3.67. The Morgan fingerprint density at radius 2 is 2.11 bits per heavy atom. The first-order valence-corrected chi connectivity index (χ1v) is 6.33. The monoisotopic (exact) mass is 253 g/mol. The lowest BCUT2D eigenvalue weighted by Crippen LogP contribution is -1.88. The predicted octanol–water partition coefficient (Wildman–Crippen LogP) is 3.50. The average molecular weight is 253 g/mol. The maximum absolute atomic E-state index is 5.48. The van der Waals surface area contributed by atoms with Crippen molar-refractivity contribution in [1.29, 1.82) is 0 Å². The average Bonchev–Trinajstić information content (AvgIpc) is 3.09. The van der Waals surface area contributed by atoms with Gasteiger partial charge in [0.2, 0.25) is 0 Å². The van der Waals surface area contributed by atoms with Gasteiger partial charge in [0.15, 0.2) is 17.6 Å². The summed E-state index contributed by atoms with van der Waals surface area (Å²) in [4.78, 5) is 14.2. The lowest BCUT2D eigenvalue weighted by Gasteiger charge is -2.01. The molecule has 0 radical (unpaired) electrons. The Bertz CT molecular complexity index is 836. The second kappa shape index (κ2) is 3.61. The van der Waals surface area contributed by atoms with Gasteiger partial charge in [-0.3, -0.25) is 0 Å². The van der Waals surface area contributed by atoms with Crippen LogP contribution >= 0.6 is 11.3 Å². The Morgan fingerprint density at radius 3 is 3.00 bits per heavy atom. The van der Waals surface area contributed by atoms with Crippen molar-refractivity contribution in [2.45, 2.75) is 0 Å². The van der Waals surface area contributed by atoms with Gasteiger partial charge in [0.25, 0.3) is 0 Å². The van der Waals surface area contributed by atoms with Crippen LogP contribution < -0.4 is 0 Å². The molecule has 0 saturated heterocycles. The van der Waals surface area contributed by atoms with Crippen molar-refractivity contribution in [2.24, 2.45) is 0 Å². The summed E-state index contributed by atoms with van der Waals surface area (Å²) in [6.07, 6.45) is 3.19. The van der Waals surface area contributed by atoms with Crippen LogP contribution in [0.3, 0.4) is 0 Å². The van der Waals surface area contributed by atoms with E-state index in [4.69, 9.17) is 4.42 Å². The fourth-order valence-corrected chi connectivity index (χ4v) is 2.73. The minimum Gasteiger partial charge on any atom is -0.443 e. The molecule has 0 aliphatic carbocycles. The van der Waals surface area contributed by atoms with Gasteiger partial charge < -0.3 is 4.42 Å².